The third-order valence-electron chi connectivity index (χ3n) is 7.78. The van der Waals surface area contributed by atoms with Crippen molar-refractivity contribution in [2.24, 2.45) is 35.5 Å². The fraction of sp³-hybridized carbons (Fsp3) is 0.656. The maximum absolute atomic E-state index is 12.6. The van der Waals surface area contributed by atoms with Crippen LogP contribution in [-0.4, -0.2) is 56.9 Å². The number of aliphatic hydroxyl groups is 4. The van der Waals surface area contributed by atoms with E-state index in [1.54, 1.807) is 30.4 Å². The summed E-state index contributed by atoms with van der Waals surface area (Å²) in [7, 11) is 0. The molecule has 1 aliphatic rings. The van der Waals surface area contributed by atoms with Crippen molar-refractivity contribution in [3.05, 3.63) is 61.3 Å². The minimum atomic E-state index is -0.828. The maximum Gasteiger partial charge on any atom is 0.331 e. The second kappa shape index (κ2) is 17.6. The maximum atomic E-state index is 12.6. The van der Waals surface area contributed by atoms with Crippen molar-refractivity contribution in [2.75, 3.05) is 0 Å². The number of ether oxygens (including phenoxy) is 1. The minimum absolute atomic E-state index is 0.0366. The number of hydrogen-bond donors (Lipinski definition) is 4. The molecule has 1 rings (SSSR count). The van der Waals surface area contributed by atoms with Crippen molar-refractivity contribution >= 4 is 5.97 Å². The zero-order chi connectivity index (χ0) is 28.8. The van der Waals surface area contributed by atoms with Gasteiger partial charge in [-0.25, -0.2) is 4.79 Å². The lowest BCUT2D eigenvalue weighted by Crippen LogP contribution is -2.37. The van der Waals surface area contributed by atoms with E-state index in [0.29, 0.717) is 6.42 Å². The predicted molar refractivity (Wildman–Crippen MR) is 154 cm³/mol. The average Bonchev–Trinajstić information content (AvgIpc) is 2.88. The zero-order valence-corrected chi connectivity index (χ0v) is 24.2. The Morgan fingerprint density at radius 1 is 0.921 bits per heavy atom. The summed E-state index contributed by atoms with van der Waals surface area (Å²) in [5.41, 5.74) is 0. The second-order valence-electron chi connectivity index (χ2n) is 11.4. The Kier molecular flexibility index (Phi) is 15.7. The van der Waals surface area contributed by atoms with E-state index in [9.17, 15) is 25.2 Å². The van der Waals surface area contributed by atoms with Crippen LogP contribution < -0.4 is 0 Å². The molecule has 0 bridgehead atoms. The second-order valence-corrected chi connectivity index (χ2v) is 11.4. The summed E-state index contributed by atoms with van der Waals surface area (Å²) in [6.07, 6.45) is 14.2. The first-order valence-corrected chi connectivity index (χ1v) is 14.1. The van der Waals surface area contributed by atoms with E-state index < -0.39 is 36.5 Å². The lowest BCUT2D eigenvalue weighted by Gasteiger charge is -2.31. The van der Waals surface area contributed by atoms with Gasteiger partial charge >= 0.3 is 5.97 Å². The first-order valence-electron chi connectivity index (χ1n) is 14.1. The standard InChI is InChI=1S/C32H52O6/c1-8-9-12-24(5)32-26(7)28(34)18-15-21(2)19-25(6)31(37)23(4)16-17-27(33)20-29(35)22(3)13-10-11-14-30(36)38-32/h8-14,16-17,21-29,31-35,37H,1,15,18-20H2,2-7H3/b12-9-,13-10+,14-11-,17-16-/t21-,22-,23-,24-,25-,26-,27+,28+,29-,31-,32-/m0/s1. The van der Waals surface area contributed by atoms with Gasteiger partial charge in [-0.15, -0.1) is 0 Å². The molecular formula is C32H52O6. The summed E-state index contributed by atoms with van der Waals surface area (Å²) >= 11 is 0. The van der Waals surface area contributed by atoms with Crippen LogP contribution in [-0.2, 0) is 9.53 Å². The monoisotopic (exact) mass is 532 g/mol. The molecule has 1 aliphatic heterocycles. The molecule has 38 heavy (non-hydrogen) atoms. The van der Waals surface area contributed by atoms with Crippen molar-refractivity contribution in [3.63, 3.8) is 0 Å². The number of esters is 1. The van der Waals surface area contributed by atoms with Crippen molar-refractivity contribution < 1.29 is 30.0 Å². The normalized spacial score (nSPS) is 40.7. The van der Waals surface area contributed by atoms with Crippen LogP contribution in [0.15, 0.2) is 61.3 Å². The molecule has 6 heteroatoms. The zero-order valence-electron chi connectivity index (χ0n) is 24.2. The number of carbonyl (C=O) groups excluding carboxylic acids is 1. The molecule has 1 heterocycles. The highest BCUT2D eigenvalue weighted by atomic mass is 16.5. The molecular weight excluding hydrogens is 480 g/mol. The quantitative estimate of drug-likeness (QED) is 0.228. The Labute approximate surface area is 230 Å². The summed E-state index contributed by atoms with van der Waals surface area (Å²) < 4.78 is 5.81. The van der Waals surface area contributed by atoms with Gasteiger partial charge in [0.1, 0.15) is 6.10 Å². The molecule has 0 amide bonds. The highest BCUT2D eigenvalue weighted by Gasteiger charge is 2.31. The smallest absolute Gasteiger partial charge is 0.331 e. The van der Waals surface area contributed by atoms with Crippen LogP contribution in [0.5, 0.6) is 0 Å². The predicted octanol–water partition coefficient (Wildman–Crippen LogP) is 5.14. The number of aliphatic hydroxyl groups excluding tert-OH is 4. The molecule has 11 atom stereocenters. The van der Waals surface area contributed by atoms with Crippen LogP contribution in [0.3, 0.4) is 0 Å². The SMILES string of the molecule is C=C/C=C\[C@H](C)[C@@H]1OC(=O)/C=C\C=C\[C@H](C)[C@@H](O)C[C@H](O)/C=C\[C@H](C)[C@H](O)[C@@H](C)C[C@@H](C)CC[C@@H](O)[C@@H]1C. The Morgan fingerprint density at radius 3 is 2.26 bits per heavy atom. The third-order valence-corrected chi connectivity index (χ3v) is 7.78. The average molecular weight is 533 g/mol. The molecule has 4 N–H and O–H groups in total. The molecule has 0 aliphatic carbocycles. The first-order chi connectivity index (χ1) is 17.9. The summed E-state index contributed by atoms with van der Waals surface area (Å²) in [5, 5.41) is 42.7. The lowest BCUT2D eigenvalue weighted by molar-refractivity contribution is -0.150. The van der Waals surface area contributed by atoms with Crippen LogP contribution in [0, 0.1) is 35.5 Å². The van der Waals surface area contributed by atoms with Gasteiger partial charge in [-0.3, -0.25) is 0 Å². The largest absolute Gasteiger partial charge is 0.458 e. The molecule has 0 saturated carbocycles. The fourth-order valence-electron chi connectivity index (χ4n) is 5.04. The van der Waals surface area contributed by atoms with E-state index >= 15 is 0 Å². The number of rotatable bonds is 3. The summed E-state index contributed by atoms with van der Waals surface area (Å²) in [6.45, 7) is 15.5. The first kappa shape index (κ1) is 34.0. The van der Waals surface area contributed by atoms with Crippen molar-refractivity contribution in [2.45, 2.75) is 97.7 Å². The molecule has 0 unspecified atom stereocenters. The summed E-state index contributed by atoms with van der Waals surface area (Å²) in [5.74, 6) is -0.976. The fourth-order valence-corrected chi connectivity index (χ4v) is 5.04. The molecule has 0 aromatic carbocycles. The van der Waals surface area contributed by atoms with Crippen molar-refractivity contribution in [1.82, 2.24) is 0 Å². The van der Waals surface area contributed by atoms with E-state index in [0.717, 1.165) is 12.8 Å². The highest BCUT2D eigenvalue weighted by Crippen LogP contribution is 2.28. The van der Waals surface area contributed by atoms with Crippen molar-refractivity contribution in [3.8, 4) is 0 Å². The Morgan fingerprint density at radius 2 is 1.61 bits per heavy atom. The molecule has 0 radical (unpaired) electrons. The van der Waals surface area contributed by atoms with Gasteiger partial charge in [0.25, 0.3) is 0 Å². The molecule has 0 aromatic heterocycles. The Hall–Kier alpha value is -1.99. The van der Waals surface area contributed by atoms with Gasteiger partial charge in [0.15, 0.2) is 0 Å². The van der Waals surface area contributed by atoms with Crippen LogP contribution in [0.1, 0.15) is 67.2 Å². The van der Waals surface area contributed by atoms with Gasteiger partial charge in [0.2, 0.25) is 0 Å². The van der Waals surface area contributed by atoms with E-state index in [2.05, 4.69) is 13.5 Å². The molecule has 0 fully saturated rings. The topological polar surface area (TPSA) is 107 Å². The Balaban J connectivity index is 3.17. The summed E-state index contributed by atoms with van der Waals surface area (Å²) in [6, 6.07) is 0. The Bertz CT molecular complexity index is 815. The van der Waals surface area contributed by atoms with E-state index in [1.807, 2.05) is 52.8 Å². The molecule has 6 nitrogen and oxygen atoms in total. The van der Waals surface area contributed by atoms with Gasteiger partial charge in [0, 0.05) is 36.2 Å². The third kappa shape index (κ3) is 12.2. The lowest BCUT2D eigenvalue weighted by atomic mass is 9.82. The van der Waals surface area contributed by atoms with Gasteiger partial charge in [-0.1, -0.05) is 96.7 Å². The van der Waals surface area contributed by atoms with Gasteiger partial charge < -0.3 is 25.2 Å². The minimum Gasteiger partial charge on any atom is -0.458 e. The van der Waals surface area contributed by atoms with Gasteiger partial charge in [0.05, 0.1) is 24.4 Å². The van der Waals surface area contributed by atoms with Crippen LogP contribution >= 0.6 is 0 Å². The number of hydrogen-bond acceptors (Lipinski definition) is 6. The van der Waals surface area contributed by atoms with Crippen LogP contribution in [0.25, 0.3) is 0 Å². The molecule has 0 aromatic rings. The highest BCUT2D eigenvalue weighted by molar-refractivity contribution is 5.82. The van der Waals surface area contributed by atoms with E-state index in [4.69, 9.17) is 4.74 Å². The van der Waals surface area contributed by atoms with Gasteiger partial charge in [-0.2, -0.15) is 0 Å². The number of cyclic esters (lactones) is 1. The molecule has 0 saturated heterocycles. The molecule has 0 spiro atoms. The van der Waals surface area contributed by atoms with Crippen molar-refractivity contribution in [1.29, 1.82) is 0 Å². The summed E-state index contributed by atoms with van der Waals surface area (Å²) in [4.78, 5) is 12.6. The number of carbonyl (C=O) groups is 1. The van der Waals surface area contributed by atoms with Crippen LogP contribution in [0.2, 0.25) is 0 Å². The number of allylic oxidation sites excluding steroid dienone is 4. The van der Waals surface area contributed by atoms with Gasteiger partial charge in [-0.05, 0) is 31.1 Å². The van der Waals surface area contributed by atoms with E-state index in [1.165, 1.54) is 6.08 Å². The van der Waals surface area contributed by atoms with E-state index in [-0.39, 0.29) is 41.9 Å². The van der Waals surface area contributed by atoms with Crippen LogP contribution in [0.4, 0.5) is 0 Å². The molecule has 216 valence electrons.